The average Bonchev–Trinajstić information content (AvgIpc) is 2.28. The van der Waals surface area contributed by atoms with Crippen LogP contribution in [0.15, 0.2) is 0 Å². The minimum atomic E-state index is -1.25. The highest BCUT2D eigenvalue weighted by Crippen LogP contribution is 2.27. The van der Waals surface area contributed by atoms with E-state index < -0.39 is 48.6 Å². The molecule has 1 N–H and O–H groups in total. The van der Waals surface area contributed by atoms with Gasteiger partial charge in [-0.3, -0.25) is 14.4 Å². The monoisotopic (exact) mass is 290 g/mol. The molecule has 1 rings (SSSR count). The van der Waals surface area contributed by atoms with Crippen LogP contribution in [0.5, 0.6) is 0 Å². The first-order valence-corrected chi connectivity index (χ1v) is 6.07. The molecule has 0 aliphatic carbocycles. The van der Waals surface area contributed by atoms with E-state index in [1.165, 1.54) is 6.92 Å². The number of carbonyl (C=O) groups excluding carboxylic acids is 3. The minimum absolute atomic E-state index is 0.655. The van der Waals surface area contributed by atoms with Crippen molar-refractivity contribution in [1.82, 2.24) is 0 Å². The largest absolute Gasteiger partial charge is 0.455 e. The molecule has 0 amide bonds. The number of ether oxygens (including phenoxy) is 4. The minimum Gasteiger partial charge on any atom is -0.455 e. The van der Waals surface area contributed by atoms with Crippen molar-refractivity contribution >= 4 is 17.9 Å². The highest BCUT2D eigenvalue weighted by atomic mass is 16.7. The Morgan fingerprint density at radius 3 is 1.80 bits per heavy atom. The highest BCUT2D eigenvalue weighted by Gasteiger charge is 2.49. The summed E-state index contributed by atoms with van der Waals surface area (Å²) in [5, 5.41) is 9.99. The topological polar surface area (TPSA) is 108 Å². The van der Waals surface area contributed by atoms with Gasteiger partial charge in [-0.1, -0.05) is 0 Å². The molecule has 20 heavy (non-hydrogen) atoms. The van der Waals surface area contributed by atoms with Crippen LogP contribution in [0.3, 0.4) is 0 Å². The predicted molar refractivity (Wildman–Crippen MR) is 63.2 cm³/mol. The smallest absolute Gasteiger partial charge is 0.305 e. The quantitative estimate of drug-likeness (QED) is 0.548. The molecule has 0 aromatic heterocycles. The van der Waals surface area contributed by atoms with Gasteiger partial charge in [0.1, 0.15) is 6.10 Å². The second-order valence-corrected chi connectivity index (χ2v) is 4.46. The van der Waals surface area contributed by atoms with Gasteiger partial charge in [-0.05, 0) is 6.92 Å². The van der Waals surface area contributed by atoms with Crippen LogP contribution in [-0.2, 0) is 33.3 Å². The molecule has 1 aliphatic heterocycles. The molecule has 0 unspecified atom stereocenters. The summed E-state index contributed by atoms with van der Waals surface area (Å²) in [4.78, 5) is 33.3. The van der Waals surface area contributed by atoms with E-state index in [9.17, 15) is 19.5 Å². The second kappa shape index (κ2) is 6.67. The highest BCUT2D eigenvalue weighted by molar-refractivity contribution is 5.68. The maximum atomic E-state index is 11.1. The normalized spacial score (nSPS) is 33.1. The molecule has 5 atom stereocenters. The van der Waals surface area contributed by atoms with Gasteiger partial charge < -0.3 is 24.1 Å². The molecule has 1 fully saturated rings. The molecule has 8 heteroatoms. The van der Waals surface area contributed by atoms with Crippen molar-refractivity contribution in [1.29, 1.82) is 0 Å². The van der Waals surface area contributed by atoms with Crippen LogP contribution >= 0.6 is 0 Å². The fourth-order valence-corrected chi connectivity index (χ4v) is 1.89. The van der Waals surface area contributed by atoms with Gasteiger partial charge in [-0.15, -0.1) is 0 Å². The van der Waals surface area contributed by atoms with Gasteiger partial charge in [0.05, 0.1) is 6.10 Å². The molecule has 0 aromatic rings. The maximum absolute atomic E-state index is 11.1. The zero-order valence-corrected chi connectivity index (χ0v) is 11.7. The molecule has 114 valence electrons. The standard InChI is InChI=1S/C12H18O8/c1-5-9(16)10(18-6(2)13)11(19-7(3)14)12(17-5)20-8(4)15/h5,9-12,16H,1-4H3/t5-,9+,10+,11-,12+/m0/s1. The van der Waals surface area contributed by atoms with E-state index in [0.717, 1.165) is 20.8 Å². The lowest BCUT2D eigenvalue weighted by Crippen LogP contribution is -2.60. The predicted octanol–water partition coefficient (Wildman–Crippen LogP) is -0.481. The Bertz CT molecular complexity index is 393. The molecule has 1 heterocycles. The van der Waals surface area contributed by atoms with Gasteiger partial charge in [-0.25, -0.2) is 0 Å². The SMILES string of the molecule is CC(=O)O[C@H]1O[C@@H](C)[C@@H](O)[C@@H](OC(C)=O)[C@@H]1OC(C)=O. The van der Waals surface area contributed by atoms with Crippen molar-refractivity contribution in [3.63, 3.8) is 0 Å². The Kier molecular flexibility index (Phi) is 5.46. The number of aliphatic hydroxyl groups is 1. The third-order valence-corrected chi connectivity index (χ3v) is 2.64. The molecule has 1 saturated heterocycles. The number of rotatable bonds is 3. The Labute approximate surface area is 115 Å². The summed E-state index contributed by atoms with van der Waals surface area (Å²) in [6.45, 7) is 4.96. The van der Waals surface area contributed by atoms with Crippen molar-refractivity contribution < 1.29 is 38.4 Å². The zero-order valence-electron chi connectivity index (χ0n) is 11.7. The molecular formula is C12H18O8. The van der Waals surface area contributed by atoms with Gasteiger partial charge in [0.25, 0.3) is 0 Å². The number of aliphatic hydroxyl groups excluding tert-OH is 1. The summed E-state index contributed by atoms with van der Waals surface area (Å²) in [6.07, 6.45) is -5.64. The molecule has 0 spiro atoms. The molecule has 8 nitrogen and oxygen atoms in total. The Balaban J connectivity index is 3.00. The fourth-order valence-electron chi connectivity index (χ4n) is 1.89. The van der Waals surface area contributed by atoms with Crippen LogP contribution in [-0.4, -0.2) is 53.7 Å². The molecule has 0 bridgehead atoms. The Morgan fingerprint density at radius 2 is 1.35 bits per heavy atom. The summed E-state index contributed by atoms with van der Waals surface area (Å²) in [6, 6.07) is 0. The lowest BCUT2D eigenvalue weighted by Gasteiger charge is -2.41. The number of hydrogen-bond acceptors (Lipinski definition) is 8. The first-order chi connectivity index (χ1) is 9.22. The zero-order chi connectivity index (χ0) is 15.4. The van der Waals surface area contributed by atoms with Crippen LogP contribution in [0, 0.1) is 0 Å². The third kappa shape index (κ3) is 4.17. The average molecular weight is 290 g/mol. The summed E-state index contributed by atoms with van der Waals surface area (Å²) in [5.41, 5.74) is 0. The van der Waals surface area contributed by atoms with E-state index in [4.69, 9.17) is 18.9 Å². The van der Waals surface area contributed by atoms with E-state index in [1.54, 1.807) is 0 Å². The molecule has 1 aliphatic rings. The van der Waals surface area contributed by atoms with Crippen LogP contribution in [0.4, 0.5) is 0 Å². The lowest BCUT2D eigenvalue weighted by atomic mass is 9.99. The van der Waals surface area contributed by atoms with Crippen molar-refractivity contribution in [2.24, 2.45) is 0 Å². The molecule has 0 saturated carbocycles. The molecule has 0 aromatic carbocycles. The van der Waals surface area contributed by atoms with E-state index >= 15 is 0 Å². The van der Waals surface area contributed by atoms with E-state index in [0.29, 0.717) is 0 Å². The van der Waals surface area contributed by atoms with Gasteiger partial charge in [-0.2, -0.15) is 0 Å². The van der Waals surface area contributed by atoms with E-state index in [1.807, 2.05) is 0 Å². The van der Waals surface area contributed by atoms with Crippen LogP contribution in [0.1, 0.15) is 27.7 Å². The number of carbonyl (C=O) groups is 3. The van der Waals surface area contributed by atoms with Crippen LogP contribution in [0.2, 0.25) is 0 Å². The second-order valence-electron chi connectivity index (χ2n) is 4.46. The molecule has 0 radical (unpaired) electrons. The number of esters is 3. The van der Waals surface area contributed by atoms with Crippen LogP contribution < -0.4 is 0 Å². The van der Waals surface area contributed by atoms with E-state index in [2.05, 4.69) is 0 Å². The van der Waals surface area contributed by atoms with Crippen molar-refractivity contribution in [3.8, 4) is 0 Å². The Morgan fingerprint density at radius 1 is 0.900 bits per heavy atom. The third-order valence-electron chi connectivity index (χ3n) is 2.64. The van der Waals surface area contributed by atoms with Crippen molar-refractivity contribution in [2.75, 3.05) is 0 Å². The number of hydrogen-bond donors (Lipinski definition) is 1. The summed E-state index contributed by atoms with van der Waals surface area (Å²) >= 11 is 0. The first-order valence-electron chi connectivity index (χ1n) is 6.07. The first kappa shape index (κ1) is 16.4. The Hall–Kier alpha value is -1.67. The van der Waals surface area contributed by atoms with Crippen molar-refractivity contribution in [3.05, 3.63) is 0 Å². The van der Waals surface area contributed by atoms with Crippen LogP contribution in [0.25, 0.3) is 0 Å². The summed E-state index contributed by atoms with van der Waals surface area (Å²) in [7, 11) is 0. The van der Waals surface area contributed by atoms with Gasteiger partial charge in [0, 0.05) is 20.8 Å². The fraction of sp³-hybridized carbons (Fsp3) is 0.750. The summed E-state index contributed by atoms with van der Waals surface area (Å²) < 4.78 is 20.1. The van der Waals surface area contributed by atoms with Gasteiger partial charge in [0.15, 0.2) is 6.10 Å². The lowest BCUT2D eigenvalue weighted by molar-refractivity contribution is -0.290. The maximum Gasteiger partial charge on any atom is 0.305 e. The molecular weight excluding hydrogens is 272 g/mol. The van der Waals surface area contributed by atoms with Gasteiger partial charge in [0.2, 0.25) is 12.4 Å². The van der Waals surface area contributed by atoms with Crippen molar-refractivity contribution in [2.45, 2.75) is 58.4 Å². The van der Waals surface area contributed by atoms with E-state index in [-0.39, 0.29) is 0 Å². The summed E-state index contributed by atoms with van der Waals surface area (Å²) in [5.74, 6) is -2.01. The van der Waals surface area contributed by atoms with Gasteiger partial charge >= 0.3 is 17.9 Å².